The second-order valence-electron chi connectivity index (χ2n) is 7.64. The zero-order chi connectivity index (χ0) is 19.9. The largest absolute Gasteiger partial charge is 0.316 e. The lowest BCUT2D eigenvalue weighted by atomic mass is 9.87. The maximum Gasteiger partial charge on any atom is 0.229 e. The van der Waals surface area contributed by atoms with E-state index >= 15 is 0 Å². The molecule has 6 heteroatoms. The number of aromatic nitrogens is 2. The number of nitrogens with one attached hydrogen (secondary N) is 2. The van der Waals surface area contributed by atoms with Gasteiger partial charge in [0.2, 0.25) is 5.62 Å². The number of hydrogen-bond acceptors (Lipinski definition) is 4. The standard InChI is InChI=1S/C22H33N5S/c1-17-15-18(2)21(19(3)16-17)27-13-12-26(11-8-14-28-4)22(27)24-25-23-20-9-6-5-7-10-20/h6,9-10,12-13,15-16,18,21,23,25H,5,7-8,11,14H2,1-4H3/b24-22+. The van der Waals surface area contributed by atoms with E-state index in [1.165, 1.54) is 11.1 Å². The molecule has 0 aliphatic heterocycles. The van der Waals surface area contributed by atoms with E-state index in [1.54, 1.807) is 0 Å². The van der Waals surface area contributed by atoms with Gasteiger partial charge in [0, 0.05) is 18.9 Å². The fourth-order valence-corrected chi connectivity index (χ4v) is 4.48. The predicted octanol–water partition coefficient (Wildman–Crippen LogP) is 4.27. The van der Waals surface area contributed by atoms with Crippen LogP contribution in [0.15, 0.2) is 64.7 Å². The third-order valence-electron chi connectivity index (χ3n) is 5.24. The molecule has 2 aliphatic carbocycles. The van der Waals surface area contributed by atoms with Crippen molar-refractivity contribution in [1.82, 2.24) is 20.1 Å². The first-order valence-electron chi connectivity index (χ1n) is 10.1. The summed E-state index contributed by atoms with van der Waals surface area (Å²) in [6.45, 7) is 7.66. The van der Waals surface area contributed by atoms with Crippen LogP contribution in [0.5, 0.6) is 0 Å². The molecular formula is C22H33N5S. The van der Waals surface area contributed by atoms with Gasteiger partial charge < -0.3 is 9.13 Å². The van der Waals surface area contributed by atoms with Crippen molar-refractivity contribution in [2.75, 3.05) is 12.0 Å². The first kappa shape index (κ1) is 20.6. The van der Waals surface area contributed by atoms with Crippen molar-refractivity contribution in [2.24, 2.45) is 11.0 Å². The molecule has 0 saturated heterocycles. The van der Waals surface area contributed by atoms with Crippen molar-refractivity contribution in [2.45, 2.75) is 52.6 Å². The van der Waals surface area contributed by atoms with Gasteiger partial charge >= 0.3 is 0 Å². The molecule has 152 valence electrons. The van der Waals surface area contributed by atoms with E-state index in [0.717, 1.165) is 42.9 Å². The highest BCUT2D eigenvalue weighted by atomic mass is 32.2. The number of thioether (sulfide) groups is 1. The van der Waals surface area contributed by atoms with E-state index in [9.17, 15) is 0 Å². The molecule has 28 heavy (non-hydrogen) atoms. The van der Waals surface area contributed by atoms with E-state index in [2.05, 4.69) is 89.9 Å². The summed E-state index contributed by atoms with van der Waals surface area (Å²) in [5.74, 6) is 1.59. The highest BCUT2D eigenvalue weighted by molar-refractivity contribution is 7.98. The summed E-state index contributed by atoms with van der Waals surface area (Å²) in [5, 5.41) is 4.74. The predicted molar refractivity (Wildman–Crippen MR) is 119 cm³/mol. The zero-order valence-corrected chi connectivity index (χ0v) is 18.3. The molecule has 0 aromatic carbocycles. The monoisotopic (exact) mass is 399 g/mol. The minimum Gasteiger partial charge on any atom is -0.316 e. The topological polar surface area (TPSA) is 46.3 Å². The Morgan fingerprint density at radius 3 is 2.82 bits per heavy atom. The normalized spacial score (nSPS) is 22.6. The molecule has 1 aromatic rings. The van der Waals surface area contributed by atoms with Gasteiger partial charge in [-0.15, -0.1) is 5.10 Å². The molecule has 2 atom stereocenters. The van der Waals surface area contributed by atoms with Gasteiger partial charge in [-0.2, -0.15) is 11.8 Å². The number of rotatable bonds is 8. The van der Waals surface area contributed by atoms with Crippen molar-refractivity contribution in [3.63, 3.8) is 0 Å². The van der Waals surface area contributed by atoms with E-state index in [0.29, 0.717) is 12.0 Å². The maximum atomic E-state index is 4.74. The fraction of sp³-hybridized carbons (Fsp3) is 0.500. The average molecular weight is 400 g/mol. The molecule has 2 aliphatic rings. The third-order valence-corrected chi connectivity index (χ3v) is 5.94. The molecule has 5 nitrogen and oxygen atoms in total. The van der Waals surface area contributed by atoms with Crippen LogP contribution in [0.25, 0.3) is 0 Å². The van der Waals surface area contributed by atoms with Crippen LogP contribution in [0.4, 0.5) is 0 Å². The van der Waals surface area contributed by atoms with Crippen LogP contribution in [0.2, 0.25) is 0 Å². The summed E-state index contributed by atoms with van der Waals surface area (Å²) in [6, 6.07) is 0.292. The molecule has 0 amide bonds. The third kappa shape index (κ3) is 5.04. The Morgan fingerprint density at radius 1 is 1.25 bits per heavy atom. The molecule has 1 heterocycles. The second-order valence-corrected chi connectivity index (χ2v) is 8.62. The molecule has 2 unspecified atom stereocenters. The van der Waals surface area contributed by atoms with Gasteiger partial charge in [-0.05, 0) is 62.7 Å². The lowest BCUT2D eigenvalue weighted by Gasteiger charge is -2.28. The fourth-order valence-electron chi connectivity index (χ4n) is 4.06. The number of hydrogen-bond donors (Lipinski definition) is 2. The number of hydrazine groups is 1. The molecule has 1 aromatic heterocycles. The van der Waals surface area contributed by atoms with Crippen molar-refractivity contribution < 1.29 is 0 Å². The summed E-state index contributed by atoms with van der Waals surface area (Å²) < 4.78 is 4.56. The van der Waals surface area contributed by atoms with Crippen LogP contribution in [0.3, 0.4) is 0 Å². The number of imidazole rings is 1. The highest BCUT2D eigenvalue weighted by Crippen LogP contribution is 2.31. The first-order valence-corrected chi connectivity index (χ1v) is 11.5. The van der Waals surface area contributed by atoms with Crippen LogP contribution >= 0.6 is 11.8 Å². The number of aryl methyl sites for hydroxylation is 1. The minimum atomic E-state index is 0.292. The van der Waals surface area contributed by atoms with Gasteiger partial charge in [0.15, 0.2) is 0 Å². The molecule has 0 fully saturated rings. The Labute approximate surface area is 173 Å². The maximum absolute atomic E-state index is 4.74. The molecule has 0 spiro atoms. The molecule has 2 N–H and O–H groups in total. The molecule has 0 radical (unpaired) electrons. The van der Waals surface area contributed by atoms with Gasteiger partial charge in [-0.1, -0.05) is 36.8 Å². The van der Waals surface area contributed by atoms with Crippen LogP contribution in [0, 0.1) is 5.92 Å². The lowest BCUT2D eigenvalue weighted by Crippen LogP contribution is -2.37. The van der Waals surface area contributed by atoms with Crippen molar-refractivity contribution in [3.8, 4) is 0 Å². The summed E-state index contributed by atoms with van der Waals surface area (Å²) in [7, 11) is 0. The van der Waals surface area contributed by atoms with Crippen LogP contribution in [0.1, 0.15) is 46.1 Å². The van der Waals surface area contributed by atoms with E-state index < -0.39 is 0 Å². The molecule has 0 saturated carbocycles. The zero-order valence-electron chi connectivity index (χ0n) is 17.5. The Hall–Kier alpha value is -2.08. The van der Waals surface area contributed by atoms with Gasteiger partial charge in [0.05, 0.1) is 11.7 Å². The Balaban J connectivity index is 1.87. The van der Waals surface area contributed by atoms with Gasteiger partial charge in [-0.3, -0.25) is 5.43 Å². The van der Waals surface area contributed by atoms with Gasteiger partial charge in [0.1, 0.15) is 0 Å². The van der Waals surface area contributed by atoms with Crippen molar-refractivity contribution in [1.29, 1.82) is 0 Å². The quantitative estimate of drug-likeness (QED) is 0.507. The lowest BCUT2D eigenvalue weighted by molar-refractivity contribution is 0.424. The van der Waals surface area contributed by atoms with E-state index in [1.807, 2.05) is 11.8 Å². The Kier molecular flexibility index (Phi) is 7.31. The van der Waals surface area contributed by atoms with Crippen LogP contribution in [-0.2, 0) is 6.54 Å². The minimum absolute atomic E-state index is 0.292. The van der Waals surface area contributed by atoms with Gasteiger partial charge in [0.25, 0.3) is 0 Å². The number of nitrogens with zero attached hydrogens (tertiary/aromatic N) is 3. The summed E-state index contributed by atoms with van der Waals surface area (Å²) in [5.41, 5.74) is 11.0. The van der Waals surface area contributed by atoms with E-state index in [4.69, 9.17) is 5.10 Å². The smallest absolute Gasteiger partial charge is 0.229 e. The Bertz CT molecular complexity index is 853. The van der Waals surface area contributed by atoms with E-state index in [-0.39, 0.29) is 0 Å². The highest BCUT2D eigenvalue weighted by Gasteiger charge is 2.24. The SMILES string of the molecule is CSCCCn1ccn(C2C(C)=CC(C)=CC2C)/c1=N/NNC1=CCCC=C1. The van der Waals surface area contributed by atoms with Crippen molar-refractivity contribution >= 4 is 11.8 Å². The summed E-state index contributed by atoms with van der Waals surface area (Å²) in [4.78, 5) is 0. The van der Waals surface area contributed by atoms with Crippen LogP contribution in [-0.4, -0.2) is 21.1 Å². The summed E-state index contributed by atoms with van der Waals surface area (Å²) >= 11 is 1.89. The Morgan fingerprint density at radius 2 is 2.11 bits per heavy atom. The summed E-state index contributed by atoms with van der Waals surface area (Å²) in [6.07, 6.45) is 20.9. The molecular weight excluding hydrogens is 366 g/mol. The molecule has 0 bridgehead atoms. The average Bonchev–Trinajstić information content (AvgIpc) is 3.05. The second kappa shape index (κ2) is 9.92. The molecule has 3 rings (SSSR count). The number of allylic oxidation sites excluding steroid dienone is 7. The van der Waals surface area contributed by atoms with Gasteiger partial charge in [-0.25, -0.2) is 5.53 Å². The van der Waals surface area contributed by atoms with Crippen LogP contribution < -0.4 is 16.6 Å². The van der Waals surface area contributed by atoms with Crippen molar-refractivity contribution in [3.05, 3.63) is 65.2 Å². The first-order chi connectivity index (χ1) is 13.6.